The molecule has 2 aromatic carbocycles. The van der Waals surface area contributed by atoms with E-state index in [4.69, 9.17) is 4.74 Å². The highest BCUT2D eigenvalue weighted by Gasteiger charge is 2.12. The summed E-state index contributed by atoms with van der Waals surface area (Å²) >= 11 is 0. The molecule has 0 radical (unpaired) electrons. The van der Waals surface area contributed by atoms with Gasteiger partial charge in [-0.05, 0) is 55.0 Å². The maximum Gasteiger partial charge on any atom is 0.276 e. The summed E-state index contributed by atoms with van der Waals surface area (Å²) in [7, 11) is -3.87. The van der Waals surface area contributed by atoms with Gasteiger partial charge >= 0.3 is 0 Å². The first-order valence-corrected chi connectivity index (χ1v) is 8.17. The standard InChI is InChI=1S/C15H15FN2O4S/c1-2-22-15-9-11(3-8-14(15)19)10-17-18-23(20,21)13-6-4-12(16)5-7-13/h3-10,18-19H,2H2,1H3/b17-10+. The van der Waals surface area contributed by atoms with Crippen molar-refractivity contribution in [3.05, 3.63) is 53.8 Å². The first-order chi connectivity index (χ1) is 10.9. The van der Waals surface area contributed by atoms with E-state index in [-0.39, 0.29) is 16.4 Å². The van der Waals surface area contributed by atoms with Crippen molar-refractivity contribution in [3.8, 4) is 11.5 Å². The molecule has 0 bridgehead atoms. The molecule has 0 fully saturated rings. The fraction of sp³-hybridized carbons (Fsp3) is 0.133. The smallest absolute Gasteiger partial charge is 0.276 e. The van der Waals surface area contributed by atoms with Crippen LogP contribution in [0, 0.1) is 5.82 Å². The average molecular weight is 338 g/mol. The summed E-state index contributed by atoms with van der Waals surface area (Å²) in [5, 5.41) is 13.2. The Hall–Kier alpha value is -2.61. The fourth-order valence-corrected chi connectivity index (χ4v) is 2.51. The van der Waals surface area contributed by atoms with Gasteiger partial charge < -0.3 is 9.84 Å². The molecule has 6 nitrogen and oxygen atoms in total. The predicted octanol–water partition coefficient (Wildman–Crippen LogP) is 2.24. The number of phenolic OH excluding ortho intramolecular Hbond substituents is 1. The molecule has 0 aliphatic rings. The van der Waals surface area contributed by atoms with Crippen molar-refractivity contribution in [2.45, 2.75) is 11.8 Å². The Balaban J connectivity index is 2.12. The van der Waals surface area contributed by atoms with E-state index in [0.29, 0.717) is 12.2 Å². The molecule has 8 heteroatoms. The van der Waals surface area contributed by atoms with Crippen LogP contribution in [0.5, 0.6) is 11.5 Å². The van der Waals surface area contributed by atoms with Gasteiger partial charge in [-0.1, -0.05) is 0 Å². The number of nitrogens with zero attached hydrogens (tertiary/aromatic N) is 1. The van der Waals surface area contributed by atoms with Gasteiger partial charge in [-0.3, -0.25) is 0 Å². The molecule has 0 atom stereocenters. The largest absolute Gasteiger partial charge is 0.504 e. The molecule has 0 amide bonds. The van der Waals surface area contributed by atoms with Gasteiger partial charge in [0.15, 0.2) is 11.5 Å². The van der Waals surface area contributed by atoms with Gasteiger partial charge in [0.05, 0.1) is 17.7 Å². The lowest BCUT2D eigenvalue weighted by molar-refractivity contribution is 0.318. The SMILES string of the molecule is CCOc1cc(/C=N/NS(=O)(=O)c2ccc(F)cc2)ccc1O. The van der Waals surface area contributed by atoms with Crippen molar-refractivity contribution < 1.29 is 22.7 Å². The number of hydrogen-bond donors (Lipinski definition) is 2. The normalized spacial score (nSPS) is 11.6. The first-order valence-electron chi connectivity index (χ1n) is 6.68. The number of hydrogen-bond acceptors (Lipinski definition) is 5. The molecule has 2 rings (SSSR count). The van der Waals surface area contributed by atoms with Crippen molar-refractivity contribution in [2.24, 2.45) is 5.10 Å². The molecule has 0 aromatic heterocycles. The van der Waals surface area contributed by atoms with E-state index in [1.54, 1.807) is 13.0 Å². The maximum absolute atomic E-state index is 12.8. The minimum absolute atomic E-state index is 0.0177. The van der Waals surface area contributed by atoms with Crippen LogP contribution in [0.3, 0.4) is 0 Å². The van der Waals surface area contributed by atoms with E-state index in [1.807, 2.05) is 4.83 Å². The lowest BCUT2D eigenvalue weighted by atomic mass is 10.2. The van der Waals surface area contributed by atoms with Crippen molar-refractivity contribution >= 4 is 16.2 Å². The van der Waals surface area contributed by atoms with Gasteiger partial charge in [-0.2, -0.15) is 13.5 Å². The summed E-state index contributed by atoms with van der Waals surface area (Å²) in [6.45, 7) is 2.16. The van der Waals surface area contributed by atoms with Crippen LogP contribution >= 0.6 is 0 Å². The Morgan fingerprint density at radius 1 is 1.26 bits per heavy atom. The van der Waals surface area contributed by atoms with Crippen LogP contribution in [0.15, 0.2) is 52.5 Å². The third-order valence-electron chi connectivity index (χ3n) is 2.79. The minimum Gasteiger partial charge on any atom is -0.504 e. The van der Waals surface area contributed by atoms with Crippen LogP contribution in [-0.2, 0) is 10.0 Å². The van der Waals surface area contributed by atoms with Crippen LogP contribution in [0.25, 0.3) is 0 Å². The third kappa shape index (κ3) is 4.43. The molecule has 0 aliphatic heterocycles. The number of aromatic hydroxyl groups is 1. The minimum atomic E-state index is -3.87. The molecule has 0 saturated carbocycles. The molecule has 0 heterocycles. The average Bonchev–Trinajstić information content (AvgIpc) is 2.51. The second-order valence-electron chi connectivity index (χ2n) is 4.47. The topological polar surface area (TPSA) is 88.0 Å². The zero-order chi connectivity index (χ0) is 16.9. The number of sulfonamides is 1. The summed E-state index contributed by atoms with van der Waals surface area (Å²) < 4.78 is 41.9. The lowest BCUT2D eigenvalue weighted by Crippen LogP contribution is -2.18. The Bertz CT molecular complexity index is 805. The van der Waals surface area contributed by atoms with E-state index < -0.39 is 15.8 Å². The zero-order valence-corrected chi connectivity index (χ0v) is 13.0. The molecule has 0 aliphatic carbocycles. The number of halogens is 1. The number of hydrazone groups is 1. The van der Waals surface area contributed by atoms with Crippen molar-refractivity contribution in [1.29, 1.82) is 0 Å². The molecule has 122 valence electrons. The number of benzene rings is 2. The number of ether oxygens (including phenoxy) is 1. The molecule has 0 unspecified atom stereocenters. The Morgan fingerprint density at radius 3 is 2.61 bits per heavy atom. The summed E-state index contributed by atoms with van der Waals surface area (Å²) in [5.41, 5.74) is 0.535. The Labute approximate surface area is 133 Å². The zero-order valence-electron chi connectivity index (χ0n) is 12.2. The number of nitrogens with one attached hydrogen (secondary N) is 1. The number of phenols is 1. The quantitative estimate of drug-likeness (QED) is 0.624. The second-order valence-corrected chi connectivity index (χ2v) is 6.13. The van der Waals surface area contributed by atoms with Gasteiger partial charge in [0, 0.05) is 0 Å². The molecule has 0 saturated heterocycles. The summed E-state index contributed by atoms with van der Waals surface area (Å²) in [5.74, 6) is -0.270. The van der Waals surface area contributed by atoms with Crippen LogP contribution in [0.4, 0.5) is 4.39 Å². The lowest BCUT2D eigenvalue weighted by Gasteiger charge is -2.06. The molecule has 23 heavy (non-hydrogen) atoms. The predicted molar refractivity (Wildman–Crippen MR) is 83.6 cm³/mol. The van der Waals surface area contributed by atoms with Crippen molar-refractivity contribution in [1.82, 2.24) is 4.83 Å². The molecule has 2 N–H and O–H groups in total. The summed E-state index contributed by atoms with van der Waals surface area (Å²) in [6.07, 6.45) is 1.27. The van der Waals surface area contributed by atoms with Crippen molar-refractivity contribution in [2.75, 3.05) is 6.61 Å². The highest BCUT2D eigenvalue weighted by molar-refractivity contribution is 7.89. The third-order valence-corrected chi connectivity index (χ3v) is 4.03. The first kappa shape index (κ1) is 16.8. The van der Waals surface area contributed by atoms with E-state index in [1.165, 1.54) is 18.3 Å². The molecular formula is C15H15FN2O4S. The fourth-order valence-electron chi connectivity index (χ4n) is 1.72. The van der Waals surface area contributed by atoms with E-state index in [0.717, 1.165) is 24.3 Å². The van der Waals surface area contributed by atoms with E-state index in [2.05, 4.69) is 5.10 Å². The summed E-state index contributed by atoms with van der Waals surface area (Å²) in [4.78, 5) is 1.92. The molecule has 0 spiro atoms. The van der Waals surface area contributed by atoms with Gasteiger partial charge in [0.1, 0.15) is 5.82 Å². The highest BCUT2D eigenvalue weighted by atomic mass is 32.2. The van der Waals surface area contributed by atoms with Gasteiger partial charge in [-0.25, -0.2) is 9.22 Å². The summed E-state index contributed by atoms with van der Waals surface area (Å²) in [6, 6.07) is 8.87. The van der Waals surface area contributed by atoms with Crippen LogP contribution < -0.4 is 9.57 Å². The van der Waals surface area contributed by atoms with E-state index in [9.17, 15) is 17.9 Å². The van der Waals surface area contributed by atoms with Gasteiger partial charge in [0.2, 0.25) is 0 Å². The van der Waals surface area contributed by atoms with Crippen LogP contribution in [-0.4, -0.2) is 26.3 Å². The van der Waals surface area contributed by atoms with Gasteiger partial charge in [-0.15, -0.1) is 0 Å². The highest BCUT2D eigenvalue weighted by Crippen LogP contribution is 2.26. The molecular weight excluding hydrogens is 323 g/mol. The molecule has 2 aromatic rings. The Morgan fingerprint density at radius 2 is 1.96 bits per heavy atom. The van der Waals surface area contributed by atoms with Crippen LogP contribution in [0.2, 0.25) is 0 Å². The second kappa shape index (κ2) is 7.10. The Kier molecular flexibility index (Phi) is 5.17. The van der Waals surface area contributed by atoms with Crippen molar-refractivity contribution in [3.63, 3.8) is 0 Å². The van der Waals surface area contributed by atoms with Crippen LogP contribution in [0.1, 0.15) is 12.5 Å². The van der Waals surface area contributed by atoms with Gasteiger partial charge in [0.25, 0.3) is 10.0 Å². The maximum atomic E-state index is 12.8. The van der Waals surface area contributed by atoms with E-state index >= 15 is 0 Å². The number of rotatable bonds is 6. The monoisotopic (exact) mass is 338 g/mol.